The number of amides is 1. The van der Waals surface area contributed by atoms with Gasteiger partial charge in [-0.15, -0.1) is 5.10 Å². The van der Waals surface area contributed by atoms with Gasteiger partial charge in [-0.1, -0.05) is 43.0 Å². The number of benzene rings is 1. The Hall–Kier alpha value is -1.95. The average Bonchev–Trinajstić information content (AvgIpc) is 3.06. The second-order valence-electron chi connectivity index (χ2n) is 6.65. The topological polar surface area (TPSA) is 72.7 Å². The first-order valence-electron chi connectivity index (χ1n) is 8.37. The van der Waals surface area contributed by atoms with Crippen LogP contribution in [0.1, 0.15) is 44.1 Å². The van der Waals surface area contributed by atoms with Gasteiger partial charge in [-0.2, -0.15) is 0 Å². The molecule has 0 bridgehead atoms. The van der Waals surface area contributed by atoms with Gasteiger partial charge in [-0.05, 0) is 46.4 Å². The lowest BCUT2D eigenvalue weighted by Gasteiger charge is -2.36. The molecule has 0 spiro atoms. The summed E-state index contributed by atoms with van der Waals surface area (Å²) >= 11 is 5.98. The van der Waals surface area contributed by atoms with Gasteiger partial charge in [0.1, 0.15) is 6.33 Å². The van der Waals surface area contributed by atoms with Crippen LogP contribution in [0.25, 0.3) is 0 Å². The van der Waals surface area contributed by atoms with Gasteiger partial charge in [0, 0.05) is 18.0 Å². The molecule has 128 valence electrons. The van der Waals surface area contributed by atoms with Crippen molar-refractivity contribution >= 4 is 17.5 Å². The van der Waals surface area contributed by atoms with E-state index in [2.05, 4.69) is 20.8 Å². The molecule has 0 radical (unpaired) electrons. The molecule has 1 aromatic heterocycles. The number of hydrogen-bond donors (Lipinski definition) is 1. The van der Waals surface area contributed by atoms with Crippen molar-refractivity contribution in [2.24, 2.45) is 5.41 Å². The molecule has 1 aliphatic rings. The van der Waals surface area contributed by atoms with E-state index in [1.165, 1.54) is 6.42 Å². The van der Waals surface area contributed by atoms with Crippen molar-refractivity contribution in [3.8, 4) is 0 Å². The van der Waals surface area contributed by atoms with E-state index < -0.39 is 0 Å². The van der Waals surface area contributed by atoms with E-state index in [9.17, 15) is 4.79 Å². The summed E-state index contributed by atoms with van der Waals surface area (Å²) in [7, 11) is 0. The highest BCUT2D eigenvalue weighted by Crippen LogP contribution is 2.40. The molecule has 6 nitrogen and oxygen atoms in total. The van der Waals surface area contributed by atoms with Crippen LogP contribution in [0.2, 0.25) is 5.02 Å². The third-order valence-corrected chi connectivity index (χ3v) is 4.95. The highest BCUT2D eigenvalue weighted by Gasteiger charge is 2.35. The minimum absolute atomic E-state index is 0.0496. The largest absolute Gasteiger partial charge is 0.352 e. The lowest BCUT2D eigenvalue weighted by atomic mass is 9.71. The molecule has 24 heavy (non-hydrogen) atoms. The lowest BCUT2D eigenvalue weighted by Crippen LogP contribution is -2.36. The van der Waals surface area contributed by atoms with Crippen LogP contribution in [-0.4, -0.2) is 26.1 Å². The number of carbonyl (C=O) groups excluding carboxylic acids is 1. The molecule has 0 atom stereocenters. The Morgan fingerprint density at radius 1 is 1.29 bits per heavy atom. The lowest BCUT2D eigenvalue weighted by molar-refractivity contribution is -0.124. The van der Waals surface area contributed by atoms with E-state index in [1.54, 1.807) is 11.0 Å². The maximum Gasteiger partial charge on any atom is 0.220 e. The molecule has 0 aliphatic heterocycles. The van der Waals surface area contributed by atoms with Crippen LogP contribution in [0.4, 0.5) is 0 Å². The Kier molecular flexibility index (Phi) is 5.45. The third kappa shape index (κ3) is 4.54. The van der Waals surface area contributed by atoms with Crippen LogP contribution in [-0.2, 0) is 17.9 Å². The molecule has 1 heterocycles. The van der Waals surface area contributed by atoms with E-state index in [0.717, 1.165) is 31.2 Å². The smallest absolute Gasteiger partial charge is 0.220 e. The van der Waals surface area contributed by atoms with Crippen LogP contribution in [0.15, 0.2) is 30.6 Å². The highest BCUT2D eigenvalue weighted by molar-refractivity contribution is 6.30. The summed E-state index contributed by atoms with van der Waals surface area (Å²) in [5.41, 5.74) is 0.959. The molecule has 7 heteroatoms. The fourth-order valence-electron chi connectivity index (χ4n) is 3.54. The van der Waals surface area contributed by atoms with Crippen molar-refractivity contribution in [2.75, 3.05) is 0 Å². The first kappa shape index (κ1) is 16.9. The summed E-state index contributed by atoms with van der Waals surface area (Å²) in [6.45, 7) is 1.20. The number of carbonyl (C=O) groups is 1. The molecule has 1 fully saturated rings. The monoisotopic (exact) mass is 347 g/mol. The van der Waals surface area contributed by atoms with Crippen molar-refractivity contribution < 1.29 is 4.79 Å². The zero-order valence-corrected chi connectivity index (χ0v) is 14.4. The maximum atomic E-state index is 12.5. The molecule has 1 aromatic carbocycles. The van der Waals surface area contributed by atoms with Crippen LogP contribution < -0.4 is 5.32 Å². The van der Waals surface area contributed by atoms with E-state index >= 15 is 0 Å². The minimum atomic E-state index is -0.0496. The molecule has 1 amide bonds. The maximum absolute atomic E-state index is 12.5. The number of aromatic nitrogens is 4. The van der Waals surface area contributed by atoms with Crippen molar-refractivity contribution in [3.63, 3.8) is 0 Å². The Bertz CT molecular complexity index is 667. The van der Waals surface area contributed by atoms with E-state index in [4.69, 9.17) is 11.6 Å². The highest BCUT2D eigenvalue weighted by atomic mass is 35.5. The van der Waals surface area contributed by atoms with Gasteiger partial charge in [-0.25, -0.2) is 4.68 Å². The molecule has 3 rings (SSSR count). The summed E-state index contributed by atoms with van der Waals surface area (Å²) in [5.74, 6) is 0.0740. The number of nitrogens with zero attached hydrogens (tertiary/aromatic N) is 4. The summed E-state index contributed by atoms with van der Waals surface area (Å²) in [6.07, 6.45) is 7.76. The number of nitrogens with one attached hydrogen (secondary N) is 1. The fraction of sp³-hybridized carbons (Fsp3) is 0.529. The number of hydrogen-bond acceptors (Lipinski definition) is 4. The molecular weight excluding hydrogens is 326 g/mol. The Morgan fingerprint density at radius 3 is 2.83 bits per heavy atom. The van der Waals surface area contributed by atoms with Crippen molar-refractivity contribution in [2.45, 2.75) is 51.6 Å². The second kappa shape index (κ2) is 7.75. The van der Waals surface area contributed by atoms with Gasteiger partial charge in [0.15, 0.2) is 0 Å². The second-order valence-corrected chi connectivity index (χ2v) is 7.09. The number of tetrazole rings is 1. The Balaban J connectivity index is 1.60. The summed E-state index contributed by atoms with van der Waals surface area (Å²) < 4.78 is 1.75. The van der Waals surface area contributed by atoms with Crippen LogP contribution in [0.3, 0.4) is 0 Å². The quantitative estimate of drug-likeness (QED) is 0.871. The van der Waals surface area contributed by atoms with Crippen molar-refractivity contribution in [1.29, 1.82) is 0 Å². The fourth-order valence-corrected chi connectivity index (χ4v) is 3.75. The SMILES string of the molecule is O=C(CC1(Cn2cnnn2)CCCCC1)NCc1cccc(Cl)c1. The minimum Gasteiger partial charge on any atom is -0.352 e. The van der Waals surface area contributed by atoms with Crippen molar-refractivity contribution in [1.82, 2.24) is 25.5 Å². The van der Waals surface area contributed by atoms with Gasteiger partial charge in [0.05, 0.1) is 6.54 Å². The van der Waals surface area contributed by atoms with E-state index in [-0.39, 0.29) is 11.3 Å². The molecule has 1 aliphatic carbocycles. The van der Waals surface area contributed by atoms with Crippen LogP contribution in [0.5, 0.6) is 0 Å². The summed E-state index contributed by atoms with van der Waals surface area (Å²) in [4.78, 5) is 12.5. The standard InChI is InChI=1S/C17H22ClN5O/c18-15-6-4-5-14(9-15)11-19-16(24)10-17(7-2-1-3-8-17)12-23-13-20-21-22-23/h4-6,9,13H,1-3,7-8,10-12H2,(H,19,24). The normalized spacial score (nSPS) is 16.7. The molecule has 0 saturated heterocycles. The Labute approximate surface area is 146 Å². The predicted molar refractivity (Wildman–Crippen MR) is 91.3 cm³/mol. The van der Waals surface area contributed by atoms with E-state index in [1.807, 2.05) is 24.3 Å². The molecule has 1 saturated carbocycles. The van der Waals surface area contributed by atoms with Gasteiger partial charge < -0.3 is 5.32 Å². The summed E-state index contributed by atoms with van der Waals surface area (Å²) in [6, 6.07) is 7.56. The van der Waals surface area contributed by atoms with Gasteiger partial charge in [0.2, 0.25) is 5.91 Å². The van der Waals surface area contributed by atoms with Gasteiger partial charge in [-0.3, -0.25) is 4.79 Å². The van der Waals surface area contributed by atoms with E-state index in [0.29, 0.717) is 24.5 Å². The predicted octanol–water partition coefficient (Wildman–Crippen LogP) is 2.98. The van der Waals surface area contributed by atoms with Crippen LogP contribution >= 0.6 is 11.6 Å². The zero-order chi connectivity index (χ0) is 16.8. The first-order chi connectivity index (χ1) is 11.7. The summed E-state index contributed by atoms with van der Waals surface area (Å²) in [5, 5.41) is 15.1. The zero-order valence-electron chi connectivity index (χ0n) is 13.6. The molecular formula is C17H22ClN5O. The average molecular weight is 348 g/mol. The Morgan fingerprint density at radius 2 is 2.12 bits per heavy atom. The van der Waals surface area contributed by atoms with Gasteiger partial charge in [0.25, 0.3) is 0 Å². The number of halogens is 1. The number of rotatable bonds is 6. The molecule has 0 unspecified atom stereocenters. The third-order valence-electron chi connectivity index (χ3n) is 4.72. The van der Waals surface area contributed by atoms with Crippen molar-refractivity contribution in [3.05, 3.63) is 41.2 Å². The van der Waals surface area contributed by atoms with Crippen LogP contribution in [0, 0.1) is 5.41 Å². The van der Waals surface area contributed by atoms with Gasteiger partial charge >= 0.3 is 0 Å². The molecule has 2 aromatic rings. The first-order valence-corrected chi connectivity index (χ1v) is 8.75. The molecule has 1 N–H and O–H groups in total.